The summed E-state index contributed by atoms with van der Waals surface area (Å²) in [6, 6.07) is 39.4. The third-order valence-corrected chi connectivity index (χ3v) is 12.9. The first-order valence-electron chi connectivity index (χ1n) is 27.4. The molecule has 2 N–H and O–H groups in total. The van der Waals surface area contributed by atoms with Gasteiger partial charge in [-0.25, -0.2) is 0 Å². The van der Waals surface area contributed by atoms with Crippen molar-refractivity contribution in [3.8, 4) is 0 Å². The monoisotopic (exact) mass is 1680 g/mol. The number of aryl methyl sites for hydroxylation is 6. The topological polar surface area (TPSA) is 727 Å². The van der Waals surface area contributed by atoms with Crippen LogP contribution in [-0.2, 0) is 96.9 Å². The van der Waals surface area contributed by atoms with Crippen molar-refractivity contribution in [1.82, 2.24) is 0 Å². The molecule has 0 unspecified atom stereocenters. The van der Waals surface area contributed by atoms with E-state index in [1.54, 1.807) is 83.1 Å². The number of carbonyl (C=O) groups excluding carboxylic acids is 16. The number of benzene rings is 8. The van der Waals surface area contributed by atoms with Gasteiger partial charge in [-0.15, -0.1) is 0 Å². The van der Waals surface area contributed by atoms with Gasteiger partial charge in [0.2, 0.25) is 11.6 Å². The van der Waals surface area contributed by atoms with E-state index in [0.29, 0.717) is 22.3 Å². The molecule has 0 amide bonds. The maximum Gasteiger partial charge on any atom is 0.373 e. The van der Waals surface area contributed by atoms with Crippen molar-refractivity contribution in [2.45, 2.75) is 51.3 Å². The van der Waals surface area contributed by atoms with Gasteiger partial charge < -0.3 is 0 Å². The highest BCUT2D eigenvalue weighted by atomic mass is 35.5. The van der Waals surface area contributed by atoms with Gasteiger partial charge >= 0.3 is 80.8 Å². The van der Waals surface area contributed by atoms with E-state index in [4.69, 9.17) is 109 Å². The molecule has 0 aliphatic heterocycles. The fourth-order valence-electron chi connectivity index (χ4n) is 6.22. The van der Waals surface area contributed by atoms with Gasteiger partial charge in [0.1, 0.15) is 10.0 Å². The van der Waals surface area contributed by atoms with Crippen LogP contribution in [0, 0.1) is 134 Å². The molecule has 0 spiro atoms. The smallest absolute Gasteiger partial charge is 0.282 e. The van der Waals surface area contributed by atoms with E-state index in [1.165, 1.54) is 72.8 Å². The molecule has 0 radical (unpaired) electrons. The first-order valence-corrected chi connectivity index (χ1v) is 31.1. The zero-order chi connectivity index (χ0) is 90.6. The SMILES string of the molecule is Cc1ccc(C)c([N+](=O)[O-])c1.Cc1ccc(Cl)c([N+](=O)[O-])c1.Cc1ccc(F)c([N+](=O)[O-])c1.Cc1ccc(S(=O)(=O)O)c([N+](=O)[O-])c1.Cc1ccccc1[N+](=O)[O-].O=C=O.O=C=O.O=C=O.O=C=O.O=C=O.O=C=O.O=C=O.O=C=O.O=[N+]([O-])c1ccccc1Cl.O=[N+]([O-])c1ccccc1F.O=[N+]([O-])c1ccccc1S(=O)(=O)O. The van der Waals surface area contributed by atoms with Crippen LogP contribution in [0.5, 0.6) is 0 Å². The summed E-state index contributed by atoms with van der Waals surface area (Å²) in [7, 11) is -9.06. The Morgan fingerprint density at radius 3 is 0.789 bits per heavy atom. The minimum atomic E-state index is -4.54. The molecule has 0 saturated carbocycles. The van der Waals surface area contributed by atoms with Crippen molar-refractivity contribution in [3.63, 3.8) is 0 Å². The van der Waals surface area contributed by atoms with Crippen molar-refractivity contribution >= 4 is 138 Å². The molecule has 0 aromatic heterocycles. The number of para-hydroxylation sites is 4. The second-order valence-corrected chi connectivity index (χ2v) is 21.6. The van der Waals surface area contributed by atoms with Gasteiger partial charge in [0, 0.05) is 59.7 Å². The van der Waals surface area contributed by atoms with Crippen LogP contribution < -0.4 is 0 Å². The zero-order valence-electron chi connectivity index (χ0n) is 57.7. The molecule has 114 heavy (non-hydrogen) atoms. The van der Waals surface area contributed by atoms with E-state index >= 15 is 0 Å². The van der Waals surface area contributed by atoms with Crippen LogP contribution in [0.2, 0.25) is 10.0 Å². The lowest BCUT2D eigenvalue weighted by molar-refractivity contribution is -0.388. The van der Waals surface area contributed by atoms with Crippen molar-refractivity contribution in [1.29, 1.82) is 0 Å². The van der Waals surface area contributed by atoms with Gasteiger partial charge in [0.15, 0.2) is 9.79 Å². The van der Waals surface area contributed by atoms with Crippen LogP contribution in [0.15, 0.2) is 180 Å². The maximum atomic E-state index is 12.6. The lowest BCUT2D eigenvalue weighted by atomic mass is 10.1. The predicted molar refractivity (Wildman–Crippen MR) is 363 cm³/mol. The van der Waals surface area contributed by atoms with Gasteiger partial charge in [-0.3, -0.25) is 90.0 Å². The van der Waals surface area contributed by atoms with Gasteiger partial charge in [0.05, 0.1) is 39.4 Å². The van der Waals surface area contributed by atoms with Gasteiger partial charge in [-0.05, 0) is 100 Å². The Balaban J connectivity index is -0.000000181. The summed E-state index contributed by atoms with van der Waals surface area (Å²) >= 11 is 11.0. The van der Waals surface area contributed by atoms with E-state index in [9.17, 15) is 107 Å². The Hall–Kier alpha value is -15.7. The molecule has 0 saturated heterocycles. The summed E-state index contributed by atoms with van der Waals surface area (Å²) in [5.41, 5.74) is 2.48. The molecule has 0 fully saturated rings. The van der Waals surface area contributed by atoms with Crippen molar-refractivity contribution in [2.75, 3.05) is 0 Å². The summed E-state index contributed by atoms with van der Waals surface area (Å²) < 4.78 is 84.9. The molecule has 604 valence electrons. The summed E-state index contributed by atoms with van der Waals surface area (Å²) in [5.74, 6) is -1.59. The van der Waals surface area contributed by atoms with Crippen LogP contribution >= 0.6 is 23.2 Å². The van der Waals surface area contributed by atoms with E-state index in [2.05, 4.69) is 0 Å². The molecule has 52 heteroatoms. The van der Waals surface area contributed by atoms with E-state index in [0.717, 1.165) is 53.6 Å². The number of hydrogen-bond acceptors (Lipinski definition) is 36. The molecule has 8 aromatic carbocycles. The van der Waals surface area contributed by atoms with Crippen molar-refractivity contribution in [2.24, 2.45) is 0 Å². The molecule has 46 nitrogen and oxygen atoms in total. The molecular weight excluding hydrogens is 1640 g/mol. The molecule has 8 rings (SSSR count). The fraction of sp³-hybridized carbons (Fsp3) is 0.0968. The number of nitro groups is 8. The van der Waals surface area contributed by atoms with E-state index < -0.39 is 94.0 Å². The Morgan fingerprint density at radius 2 is 0.509 bits per heavy atom. The number of nitro benzene ring substituents is 8. The van der Waals surface area contributed by atoms with Crippen LogP contribution in [-0.4, -0.2) is 115 Å². The van der Waals surface area contributed by atoms with Gasteiger partial charge in [0.25, 0.3) is 34.1 Å². The summed E-state index contributed by atoms with van der Waals surface area (Å²) in [4.78, 5) is 206. The first-order chi connectivity index (χ1) is 53.0. The Morgan fingerprint density at radius 1 is 0.272 bits per heavy atom. The Bertz CT molecular complexity index is 4630. The molecule has 0 heterocycles. The largest absolute Gasteiger partial charge is 0.373 e. The number of halogens is 4. The van der Waals surface area contributed by atoms with Crippen molar-refractivity contribution < 1.29 is 151 Å². The second-order valence-electron chi connectivity index (χ2n) is 18.0. The summed E-state index contributed by atoms with van der Waals surface area (Å²) in [5, 5.41) is 82.3. The van der Waals surface area contributed by atoms with Crippen LogP contribution in [0.25, 0.3) is 0 Å². The lowest BCUT2D eigenvalue weighted by Crippen LogP contribution is -2.03. The third-order valence-electron chi connectivity index (χ3n) is 10.5. The summed E-state index contributed by atoms with van der Waals surface area (Å²) in [6.45, 7) is 10.3. The highest BCUT2D eigenvalue weighted by molar-refractivity contribution is 7.86. The minimum Gasteiger partial charge on any atom is -0.282 e. The minimum absolute atomic E-state index is 0.0355. The average Bonchev–Trinajstić information content (AvgIpc) is 0.801. The van der Waals surface area contributed by atoms with Gasteiger partial charge in [-0.2, -0.15) is 102 Å². The number of nitrogens with zero attached hydrogens (tertiary/aromatic N) is 8. The fourth-order valence-corrected chi connectivity index (χ4v) is 7.91. The summed E-state index contributed by atoms with van der Waals surface area (Å²) in [6.07, 6.45) is 2.00. The molecule has 0 aliphatic rings. The molecule has 0 aliphatic carbocycles. The normalized spacial score (nSPS) is 8.46. The van der Waals surface area contributed by atoms with E-state index in [-0.39, 0.29) is 91.9 Å². The Kier molecular flexibility index (Phi) is 66.7. The quantitative estimate of drug-likeness (QED) is 0.0730. The molecular formula is C62H48Cl2F2N8O38S2. The highest BCUT2D eigenvalue weighted by Crippen LogP contribution is 2.27. The lowest BCUT2D eigenvalue weighted by Gasteiger charge is -1.99. The molecule has 0 bridgehead atoms. The predicted octanol–water partition coefficient (Wildman–Crippen LogP) is 10.0. The zero-order valence-corrected chi connectivity index (χ0v) is 60.8. The first kappa shape index (κ1) is 114. The molecule has 0 atom stereocenters. The third kappa shape index (κ3) is 56.6. The highest BCUT2D eigenvalue weighted by Gasteiger charge is 2.24. The van der Waals surface area contributed by atoms with Gasteiger partial charge in [-0.1, -0.05) is 108 Å². The molecule has 8 aromatic rings. The number of rotatable bonds is 10. The average molecular weight is 1690 g/mol. The van der Waals surface area contributed by atoms with E-state index in [1.807, 2.05) is 13.0 Å². The van der Waals surface area contributed by atoms with Crippen LogP contribution in [0.4, 0.5) is 54.3 Å². The Labute approximate surface area is 643 Å². The maximum absolute atomic E-state index is 12.6. The van der Waals surface area contributed by atoms with Crippen molar-refractivity contribution in [3.05, 3.63) is 306 Å². The number of hydrogen-bond donors (Lipinski definition) is 2. The standard InChI is InChI=1S/C8H9NO2.C7H6ClNO2.C7H6FNO2.C7H7NO5S.C7H7NO2.C6H4ClNO2.C6H4FNO2.C6H5NO5S.8CO2/c1-6-3-4-7(2)8(5-6)9(10)11;2*1-5-2-3-6(8)7(4-5)9(10)11;1-5-2-3-7(14(11,12)13)6(4-5)8(9)10;1-6-4-2-3-5-7(6)8(9)10;2*7-5-3-1-2-4-6(5)8(9)10;8-7(9)5-3-1-2-4-6(5)13(10,11)12;8*2-1-3/h3-5H,1-2H3;2*2-4H,1H3;2-4H,1H3,(H,11,12,13);2-5H,1H3;2*1-4H;1-4H,(H,10,11,12);;;;;;;;. The van der Waals surface area contributed by atoms with Crippen LogP contribution in [0.1, 0.15) is 33.4 Å². The van der Waals surface area contributed by atoms with Crippen LogP contribution in [0.3, 0.4) is 0 Å². The second kappa shape index (κ2) is 66.7.